The average Bonchev–Trinajstić information content (AvgIpc) is 2.23. The molecule has 20 heavy (non-hydrogen) atoms. The maximum Gasteiger partial charge on any atom is 0.261 e. The van der Waals surface area contributed by atoms with Crippen molar-refractivity contribution < 1.29 is 18.3 Å². The first kappa shape index (κ1) is 14.7. The Kier molecular flexibility index (Phi) is 3.83. The molecule has 4 heteroatoms. The van der Waals surface area contributed by atoms with Crippen molar-refractivity contribution >= 4 is 0 Å². The van der Waals surface area contributed by atoms with Crippen molar-refractivity contribution in [3.63, 3.8) is 0 Å². The Bertz CT molecular complexity index is 337. The van der Waals surface area contributed by atoms with E-state index in [-0.39, 0.29) is 17.1 Å². The topological polar surface area (TPSA) is 18.5 Å². The Morgan fingerprint density at radius 3 is 2.30 bits per heavy atom. The number of halogens is 2. The highest BCUT2D eigenvalue weighted by Gasteiger charge is 2.58. The molecule has 0 radical (unpaired) electrons. The lowest BCUT2D eigenvalue weighted by Crippen LogP contribution is -2.58. The summed E-state index contributed by atoms with van der Waals surface area (Å²) in [6.45, 7) is 4.26. The predicted octanol–water partition coefficient (Wildman–Crippen LogP) is 4.03. The van der Waals surface area contributed by atoms with Crippen molar-refractivity contribution in [1.29, 1.82) is 0 Å². The molecule has 0 spiro atoms. The summed E-state index contributed by atoms with van der Waals surface area (Å²) >= 11 is 0. The van der Waals surface area contributed by atoms with Crippen molar-refractivity contribution in [2.75, 3.05) is 13.2 Å². The van der Waals surface area contributed by atoms with Crippen molar-refractivity contribution in [2.45, 2.75) is 70.5 Å². The first-order valence-corrected chi connectivity index (χ1v) is 7.94. The zero-order chi connectivity index (χ0) is 14.4. The van der Waals surface area contributed by atoms with Crippen LogP contribution in [-0.2, 0) is 9.47 Å². The summed E-state index contributed by atoms with van der Waals surface area (Å²) in [5.74, 6) is 1.43. The lowest BCUT2D eigenvalue weighted by Gasteiger charge is -2.62. The molecule has 4 rings (SSSR count). The van der Waals surface area contributed by atoms with Gasteiger partial charge in [0.2, 0.25) is 0 Å². The number of alkyl halides is 2. The van der Waals surface area contributed by atoms with E-state index in [1.54, 1.807) is 0 Å². The fraction of sp³-hybridized carbons (Fsp3) is 1.00. The van der Waals surface area contributed by atoms with E-state index in [4.69, 9.17) is 9.47 Å². The smallest absolute Gasteiger partial charge is 0.261 e. The third-order valence-electron chi connectivity index (χ3n) is 5.27. The first-order chi connectivity index (χ1) is 9.40. The van der Waals surface area contributed by atoms with Gasteiger partial charge >= 0.3 is 0 Å². The molecule has 0 aromatic heterocycles. The molecule has 4 fully saturated rings. The molecule has 0 aliphatic heterocycles. The molecule has 4 bridgehead atoms. The van der Waals surface area contributed by atoms with Crippen LogP contribution in [0.15, 0.2) is 0 Å². The van der Waals surface area contributed by atoms with Crippen LogP contribution in [0.25, 0.3) is 0 Å². The van der Waals surface area contributed by atoms with Crippen molar-refractivity contribution in [1.82, 2.24) is 0 Å². The highest BCUT2D eigenvalue weighted by molar-refractivity contribution is 5.09. The third kappa shape index (κ3) is 2.87. The molecule has 4 saturated carbocycles. The largest absolute Gasteiger partial charge is 0.375 e. The summed E-state index contributed by atoms with van der Waals surface area (Å²) in [6, 6.07) is 0. The summed E-state index contributed by atoms with van der Waals surface area (Å²) in [7, 11) is 0. The molecule has 2 unspecified atom stereocenters. The highest BCUT2D eigenvalue weighted by Crippen LogP contribution is 2.63. The van der Waals surface area contributed by atoms with Crippen LogP contribution in [-0.4, -0.2) is 31.3 Å². The van der Waals surface area contributed by atoms with Gasteiger partial charge in [0.25, 0.3) is 6.43 Å². The number of ether oxygens (including phenoxy) is 2. The van der Waals surface area contributed by atoms with Gasteiger partial charge in [-0.15, -0.1) is 0 Å². The molecule has 0 heterocycles. The molecule has 0 aromatic carbocycles. The Morgan fingerprint density at radius 2 is 1.75 bits per heavy atom. The molecule has 2 atom stereocenters. The second kappa shape index (κ2) is 5.20. The Morgan fingerprint density at radius 1 is 1.10 bits per heavy atom. The van der Waals surface area contributed by atoms with E-state index in [2.05, 4.69) is 13.8 Å². The minimum Gasteiger partial charge on any atom is -0.375 e. The van der Waals surface area contributed by atoms with Gasteiger partial charge in [0.05, 0.1) is 18.3 Å². The fourth-order valence-corrected chi connectivity index (χ4v) is 5.54. The Labute approximate surface area is 120 Å². The van der Waals surface area contributed by atoms with E-state index in [9.17, 15) is 8.78 Å². The summed E-state index contributed by atoms with van der Waals surface area (Å²) < 4.78 is 36.2. The molecule has 4 aliphatic rings. The summed E-state index contributed by atoms with van der Waals surface area (Å²) in [5, 5.41) is 0. The van der Waals surface area contributed by atoms with E-state index in [1.165, 1.54) is 6.42 Å². The quantitative estimate of drug-likeness (QED) is 0.734. The Hall–Kier alpha value is -0.220. The van der Waals surface area contributed by atoms with Crippen LogP contribution in [0.4, 0.5) is 8.78 Å². The lowest BCUT2D eigenvalue weighted by molar-refractivity contribution is -0.219. The molecule has 0 amide bonds. The van der Waals surface area contributed by atoms with Crippen molar-refractivity contribution in [3.8, 4) is 0 Å². The molecular formula is C16H26F2O2. The van der Waals surface area contributed by atoms with Crippen LogP contribution >= 0.6 is 0 Å². The second-order valence-corrected chi connectivity index (χ2v) is 7.72. The summed E-state index contributed by atoms with van der Waals surface area (Å²) in [4.78, 5) is 0. The molecule has 0 N–H and O–H groups in total. The van der Waals surface area contributed by atoms with Crippen molar-refractivity contribution in [3.05, 3.63) is 0 Å². The number of rotatable bonds is 6. The molecule has 116 valence electrons. The normalized spacial score (nSPS) is 42.9. The zero-order valence-electron chi connectivity index (χ0n) is 12.5. The van der Waals surface area contributed by atoms with Gasteiger partial charge in [0, 0.05) is 0 Å². The van der Waals surface area contributed by atoms with Gasteiger partial charge in [-0.2, -0.15) is 0 Å². The van der Waals surface area contributed by atoms with Gasteiger partial charge in [-0.3, -0.25) is 0 Å². The molecule has 4 aliphatic carbocycles. The van der Waals surface area contributed by atoms with Crippen LogP contribution in [0.1, 0.15) is 52.4 Å². The number of hydrogen-bond donors (Lipinski definition) is 0. The van der Waals surface area contributed by atoms with Gasteiger partial charge in [-0.1, -0.05) is 0 Å². The SMILES string of the molecule is CC(C)OC12CC3CC(CC(COCC(F)F)(C3)C1)C2. The average molecular weight is 288 g/mol. The third-order valence-corrected chi connectivity index (χ3v) is 5.27. The zero-order valence-corrected chi connectivity index (χ0v) is 12.5. The molecule has 0 aromatic rings. The highest BCUT2D eigenvalue weighted by atomic mass is 19.3. The Balaban J connectivity index is 1.70. The van der Waals surface area contributed by atoms with Crippen LogP contribution < -0.4 is 0 Å². The van der Waals surface area contributed by atoms with E-state index in [1.807, 2.05) is 0 Å². The standard InChI is InChI=1S/C16H26F2O2/c1-11(2)20-16-6-12-3-13(7-16)5-15(4-12,9-16)10-19-8-14(17)18/h11-14H,3-10H2,1-2H3. The van der Waals surface area contributed by atoms with E-state index in [0.29, 0.717) is 18.4 Å². The maximum atomic E-state index is 12.3. The van der Waals surface area contributed by atoms with Crippen molar-refractivity contribution in [2.24, 2.45) is 17.3 Å². The maximum absolute atomic E-state index is 12.3. The monoisotopic (exact) mass is 288 g/mol. The number of hydrogen-bond acceptors (Lipinski definition) is 2. The summed E-state index contributed by atoms with van der Waals surface area (Å²) in [5.41, 5.74) is 0.111. The van der Waals surface area contributed by atoms with Crippen LogP contribution in [0.5, 0.6) is 0 Å². The lowest BCUT2D eigenvalue weighted by atomic mass is 9.48. The molecular weight excluding hydrogens is 262 g/mol. The summed E-state index contributed by atoms with van der Waals surface area (Å²) in [6.07, 6.45) is 4.83. The van der Waals surface area contributed by atoms with Gasteiger partial charge in [-0.05, 0) is 69.6 Å². The first-order valence-electron chi connectivity index (χ1n) is 7.94. The van der Waals surface area contributed by atoms with E-state index in [0.717, 1.165) is 32.1 Å². The van der Waals surface area contributed by atoms with Crippen LogP contribution in [0.2, 0.25) is 0 Å². The van der Waals surface area contributed by atoms with Gasteiger partial charge in [0.1, 0.15) is 6.61 Å². The van der Waals surface area contributed by atoms with E-state index < -0.39 is 13.0 Å². The predicted molar refractivity (Wildman–Crippen MR) is 72.9 cm³/mol. The molecule has 2 nitrogen and oxygen atoms in total. The minimum atomic E-state index is -2.36. The second-order valence-electron chi connectivity index (χ2n) is 7.72. The van der Waals surface area contributed by atoms with E-state index >= 15 is 0 Å². The van der Waals surface area contributed by atoms with Crippen LogP contribution in [0.3, 0.4) is 0 Å². The fourth-order valence-electron chi connectivity index (χ4n) is 5.54. The van der Waals surface area contributed by atoms with Gasteiger partial charge < -0.3 is 9.47 Å². The van der Waals surface area contributed by atoms with Crippen LogP contribution in [0, 0.1) is 17.3 Å². The van der Waals surface area contributed by atoms with Gasteiger partial charge in [-0.25, -0.2) is 8.78 Å². The molecule has 0 saturated heterocycles. The minimum absolute atomic E-state index is 0.00639. The van der Waals surface area contributed by atoms with Gasteiger partial charge in [0.15, 0.2) is 0 Å².